The van der Waals surface area contributed by atoms with Crippen LogP contribution in [0, 0.1) is 5.92 Å². The fourth-order valence-electron chi connectivity index (χ4n) is 2.79. The maximum absolute atomic E-state index is 12.0. The Morgan fingerprint density at radius 3 is 2.46 bits per heavy atom. The normalized spacial score (nSPS) is 15.4. The fourth-order valence-corrected chi connectivity index (χ4v) is 2.79. The number of nitrogens with zero attached hydrogens (tertiary/aromatic N) is 4. The molecular formula is C20H28N4O4. The van der Waals surface area contributed by atoms with Crippen molar-refractivity contribution in [3.05, 3.63) is 29.8 Å². The molecule has 8 heteroatoms. The van der Waals surface area contributed by atoms with Crippen molar-refractivity contribution in [3.63, 3.8) is 0 Å². The van der Waals surface area contributed by atoms with E-state index < -0.39 is 6.09 Å². The number of carbonyl (C=O) groups excluding carboxylic acids is 1. The summed E-state index contributed by atoms with van der Waals surface area (Å²) in [6, 6.07) is 7.29. The molecule has 0 atom stereocenters. The highest BCUT2D eigenvalue weighted by molar-refractivity contribution is 6.43. The van der Waals surface area contributed by atoms with Crippen molar-refractivity contribution in [1.82, 2.24) is 0 Å². The molecular weight excluding hydrogens is 360 g/mol. The van der Waals surface area contributed by atoms with E-state index in [-0.39, 0.29) is 0 Å². The minimum atomic E-state index is -0.623. The van der Waals surface area contributed by atoms with Crippen molar-refractivity contribution in [2.75, 3.05) is 26.4 Å². The molecule has 0 aromatic heterocycles. The molecule has 8 nitrogen and oxygen atoms in total. The first-order chi connectivity index (χ1) is 13.6. The maximum Gasteiger partial charge on any atom is 0.438 e. The Bertz CT molecular complexity index is 769. The van der Waals surface area contributed by atoms with Crippen LogP contribution in [0.3, 0.4) is 0 Å². The largest absolute Gasteiger partial charge is 0.451 e. The van der Waals surface area contributed by atoms with E-state index in [2.05, 4.69) is 22.3 Å². The van der Waals surface area contributed by atoms with Crippen LogP contribution in [-0.4, -0.2) is 44.6 Å². The predicted octanol–water partition coefficient (Wildman–Crippen LogP) is 4.20. The number of para-hydroxylation sites is 1. The van der Waals surface area contributed by atoms with Crippen LogP contribution in [0.4, 0.5) is 10.5 Å². The Morgan fingerprint density at radius 2 is 1.89 bits per heavy atom. The van der Waals surface area contributed by atoms with E-state index in [1.165, 1.54) is 21.3 Å². The van der Waals surface area contributed by atoms with Gasteiger partial charge < -0.3 is 9.57 Å². The number of ether oxygens (including phenoxy) is 1. The Morgan fingerprint density at radius 1 is 1.18 bits per heavy atom. The van der Waals surface area contributed by atoms with Gasteiger partial charge in [-0.05, 0) is 32.3 Å². The number of methoxy groups -OCH3 is 1. The molecule has 1 amide bonds. The molecule has 1 aliphatic carbocycles. The van der Waals surface area contributed by atoms with Crippen molar-refractivity contribution in [1.29, 1.82) is 0 Å². The van der Waals surface area contributed by atoms with E-state index in [1.54, 1.807) is 6.07 Å². The molecule has 1 saturated carbocycles. The molecule has 0 saturated heterocycles. The van der Waals surface area contributed by atoms with Crippen LogP contribution in [0.5, 0.6) is 0 Å². The number of rotatable bonds is 9. The highest BCUT2D eigenvalue weighted by atomic mass is 16.7. The lowest BCUT2D eigenvalue weighted by molar-refractivity contribution is 0.115. The standard InChI is InChI=1S/C20H28N4O4/c1-6-9-17(23-27-4)19(15-12-13-15)22-21-14(2)16-10-7-8-11-18(16)24(28-5)20(25)26-3/h7-8,10-11,15H,6,9,12-13H2,1-5H3/b21-14+,22-19+,23-17+. The molecule has 28 heavy (non-hydrogen) atoms. The van der Waals surface area contributed by atoms with Crippen LogP contribution in [-0.2, 0) is 14.4 Å². The van der Waals surface area contributed by atoms with Gasteiger partial charge in [0, 0.05) is 11.5 Å². The SMILES string of the molecule is CCCC(=N\OC)/C(=N/N=C(\C)c1ccccc1N(OC)C(=O)OC)C1CC1. The van der Waals surface area contributed by atoms with Gasteiger partial charge in [-0.25, -0.2) is 4.79 Å². The predicted molar refractivity (Wildman–Crippen MR) is 110 cm³/mol. The monoisotopic (exact) mass is 388 g/mol. The van der Waals surface area contributed by atoms with E-state index >= 15 is 0 Å². The molecule has 0 bridgehead atoms. The second kappa shape index (κ2) is 10.6. The highest BCUT2D eigenvalue weighted by Gasteiger charge is 2.31. The van der Waals surface area contributed by atoms with Gasteiger partial charge in [0.15, 0.2) is 0 Å². The number of hydrogen-bond donors (Lipinski definition) is 0. The molecule has 0 N–H and O–H groups in total. The second-order valence-electron chi connectivity index (χ2n) is 6.38. The maximum atomic E-state index is 12.0. The average molecular weight is 388 g/mol. The van der Waals surface area contributed by atoms with E-state index in [9.17, 15) is 4.79 Å². The first kappa shape index (κ1) is 21.6. The highest BCUT2D eigenvalue weighted by Crippen LogP contribution is 2.32. The van der Waals surface area contributed by atoms with Gasteiger partial charge in [0.1, 0.15) is 12.8 Å². The van der Waals surface area contributed by atoms with Crippen LogP contribution in [0.1, 0.15) is 45.1 Å². The minimum absolute atomic E-state index is 0.373. The zero-order chi connectivity index (χ0) is 20.5. The summed E-state index contributed by atoms with van der Waals surface area (Å²) in [6.07, 6.45) is 3.27. The summed E-state index contributed by atoms with van der Waals surface area (Å²) in [5, 5.41) is 14.2. The van der Waals surface area contributed by atoms with Crippen molar-refractivity contribution >= 4 is 28.9 Å². The van der Waals surface area contributed by atoms with Gasteiger partial charge in [0.05, 0.1) is 31.3 Å². The Balaban J connectivity index is 2.40. The average Bonchev–Trinajstić information content (AvgIpc) is 3.54. The van der Waals surface area contributed by atoms with Gasteiger partial charge >= 0.3 is 6.09 Å². The molecule has 1 aromatic carbocycles. The smallest absolute Gasteiger partial charge is 0.438 e. The summed E-state index contributed by atoms with van der Waals surface area (Å²) in [4.78, 5) is 22.2. The summed E-state index contributed by atoms with van der Waals surface area (Å²) < 4.78 is 4.78. The molecule has 1 aromatic rings. The Labute approximate surface area is 165 Å². The number of oxime groups is 1. The lowest BCUT2D eigenvalue weighted by atomic mass is 10.1. The summed E-state index contributed by atoms with van der Waals surface area (Å²) >= 11 is 0. The summed E-state index contributed by atoms with van der Waals surface area (Å²) in [5.41, 5.74) is 3.60. The van der Waals surface area contributed by atoms with Gasteiger partial charge in [0.2, 0.25) is 0 Å². The molecule has 0 aliphatic heterocycles. The number of amides is 1. The molecule has 1 fully saturated rings. The number of carbonyl (C=O) groups is 1. The first-order valence-electron chi connectivity index (χ1n) is 9.31. The zero-order valence-electron chi connectivity index (χ0n) is 17.1. The van der Waals surface area contributed by atoms with Gasteiger partial charge in [-0.1, -0.05) is 36.7 Å². The van der Waals surface area contributed by atoms with Crippen molar-refractivity contribution in [2.24, 2.45) is 21.3 Å². The van der Waals surface area contributed by atoms with Gasteiger partial charge in [-0.2, -0.15) is 15.3 Å². The number of anilines is 1. The van der Waals surface area contributed by atoms with Crippen LogP contribution in [0.25, 0.3) is 0 Å². The second-order valence-corrected chi connectivity index (χ2v) is 6.38. The molecule has 152 valence electrons. The summed E-state index contributed by atoms with van der Waals surface area (Å²) in [7, 11) is 4.24. The first-order valence-corrected chi connectivity index (χ1v) is 9.31. The molecule has 0 radical (unpaired) electrons. The van der Waals surface area contributed by atoms with Gasteiger partial charge in [0.25, 0.3) is 0 Å². The minimum Gasteiger partial charge on any atom is -0.451 e. The molecule has 0 spiro atoms. The van der Waals surface area contributed by atoms with Crippen molar-refractivity contribution < 1.29 is 19.2 Å². The molecule has 0 heterocycles. The Hall–Kier alpha value is -2.74. The summed E-state index contributed by atoms with van der Waals surface area (Å²) in [6.45, 7) is 3.93. The lowest BCUT2D eigenvalue weighted by Crippen LogP contribution is -2.30. The van der Waals surface area contributed by atoms with Gasteiger partial charge in [-0.3, -0.25) is 4.84 Å². The molecule has 0 unspecified atom stereocenters. The van der Waals surface area contributed by atoms with Gasteiger partial charge in [-0.15, -0.1) is 0 Å². The van der Waals surface area contributed by atoms with Crippen LogP contribution in [0.2, 0.25) is 0 Å². The molecule has 1 aliphatic rings. The van der Waals surface area contributed by atoms with Crippen LogP contribution < -0.4 is 5.06 Å². The Kier molecular flexibility index (Phi) is 8.13. The summed E-state index contributed by atoms with van der Waals surface area (Å²) in [5.74, 6) is 0.373. The third kappa shape index (κ3) is 5.39. The van der Waals surface area contributed by atoms with E-state index in [0.29, 0.717) is 17.3 Å². The quantitative estimate of drug-likeness (QED) is 0.469. The number of hydroxylamine groups is 1. The van der Waals surface area contributed by atoms with E-state index in [1.807, 2.05) is 25.1 Å². The third-order valence-electron chi connectivity index (χ3n) is 4.29. The topological polar surface area (TPSA) is 85.1 Å². The number of hydrogen-bond acceptors (Lipinski definition) is 7. The van der Waals surface area contributed by atoms with E-state index in [0.717, 1.165) is 47.7 Å². The van der Waals surface area contributed by atoms with Crippen LogP contribution in [0.15, 0.2) is 39.6 Å². The van der Waals surface area contributed by atoms with Crippen molar-refractivity contribution in [2.45, 2.75) is 39.5 Å². The molecule has 2 rings (SSSR count). The van der Waals surface area contributed by atoms with Crippen LogP contribution >= 0.6 is 0 Å². The lowest BCUT2D eigenvalue weighted by Gasteiger charge is -2.20. The zero-order valence-corrected chi connectivity index (χ0v) is 17.1. The fraction of sp³-hybridized carbons (Fsp3) is 0.500. The third-order valence-corrected chi connectivity index (χ3v) is 4.29. The number of benzene rings is 1. The van der Waals surface area contributed by atoms with Crippen molar-refractivity contribution in [3.8, 4) is 0 Å². The van der Waals surface area contributed by atoms with E-state index in [4.69, 9.17) is 14.4 Å².